The third-order valence-electron chi connectivity index (χ3n) is 5.57. The van der Waals surface area contributed by atoms with Crippen molar-refractivity contribution in [1.29, 1.82) is 0 Å². The Labute approximate surface area is 209 Å². The first kappa shape index (κ1) is 24.8. The van der Waals surface area contributed by atoms with Crippen LogP contribution in [-0.2, 0) is 9.53 Å². The number of carbonyl (C=O) groups excluding carboxylic acids is 2. The average Bonchev–Trinajstić information content (AvgIpc) is 3.59. The van der Waals surface area contributed by atoms with E-state index in [9.17, 15) is 9.59 Å². The Morgan fingerprint density at radius 2 is 1.78 bits per heavy atom. The van der Waals surface area contributed by atoms with Crippen LogP contribution in [0.25, 0.3) is 0 Å². The lowest BCUT2D eigenvalue weighted by atomic mass is 10.0. The summed E-state index contributed by atoms with van der Waals surface area (Å²) in [5, 5.41) is 5.86. The van der Waals surface area contributed by atoms with Gasteiger partial charge < -0.3 is 23.4 Å². The SMILES string of the molecule is CCOc1ccc(C(=O)OCC(=O)N2N=C(c3ccc(OC)cc3)CC2c2ccco2)cc1OCC. The van der Waals surface area contributed by atoms with Gasteiger partial charge in [0.05, 0.1) is 37.9 Å². The van der Waals surface area contributed by atoms with Crippen molar-refractivity contribution in [3.63, 3.8) is 0 Å². The second kappa shape index (κ2) is 11.4. The van der Waals surface area contributed by atoms with Crippen molar-refractivity contribution in [3.05, 3.63) is 77.7 Å². The molecule has 4 rings (SSSR count). The molecule has 1 amide bonds. The van der Waals surface area contributed by atoms with Crippen molar-refractivity contribution in [2.24, 2.45) is 5.10 Å². The van der Waals surface area contributed by atoms with Crippen molar-refractivity contribution in [3.8, 4) is 17.2 Å². The van der Waals surface area contributed by atoms with E-state index in [1.807, 2.05) is 38.1 Å². The number of esters is 1. The van der Waals surface area contributed by atoms with Gasteiger partial charge in [-0.05, 0) is 74.0 Å². The molecule has 0 aliphatic carbocycles. The first-order valence-corrected chi connectivity index (χ1v) is 11.7. The Balaban J connectivity index is 1.48. The van der Waals surface area contributed by atoms with Gasteiger partial charge in [0.1, 0.15) is 17.6 Å². The van der Waals surface area contributed by atoms with Crippen LogP contribution >= 0.6 is 0 Å². The molecule has 36 heavy (non-hydrogen) atoms. The highest BCUT2D eigenvalue weighted by atomic mass is 16.5. The first-order valence-electron chi connectivity index (χ1n) is 11.7. The van der Waals surface area contributed by atoms with E-state index in [2.05, 4.69) is 5.10 Å². The van der Waals surface area contributed by atoms with Crippen molar-refractivity contribution in [1.82, 2.24) is 5.01 Å². The maximum atomic E-state index is 13.1. The maximum Gasteiger partial charge on any atom is 0.338 e. The number of hydrazone groups is 1. The molecular formula is C27H28N2O7. The minimum Gasteiger partial charge on any atom is -0.497 e. The van der Waals surface area contributed by atoms with Gasteiger partial charge in [0.2, 0.25) is 0 Å². The summed E-state index contributed by atoms with van der Waals surface area (Å²) in [7, 11) is 1.60. The molecule has 2 heterocycles. The van der Waals surface area contributed by atoms with E-state index < -0.39 is 24.5 Å². The fourth-order valence-electron chi connectivity index (χ4n) is 3.86. The Bertz CT molecular complexity index is 1220. The topological polar surface area (TPSA) is 99.8 Å². The molecule has 2 aromatic carbocycles. The zero-order valence-corrected chi connectivity index (χ0v) is 20.4. The van der Waals surface area contributed by atoms with Gasteiger partial charge >= 0.3 is 5.97 Å². The highest BCUT2D eigenvalue weighted by molar-refractivity contribution is 6.03. The standard InChI is InChI=1S/C27H28N2O7/c1-4-33-24-13-10-19(15-25(24)34-5-2)27(31)36-17-26(30)29-22(23-7-6-14-35-23)16-21(28-29)18-8-11-20(32-3)12-9-18/h6-15,22H,4-5,16-17H2,1-3H3. The smallest absolute Gasteiger partial charge is 0.338 e. The Morgan fingerprint density at radius 1 is 1.03 bits per heavy atom. The van der Waals surface area contributed by atoms with Crippen molar-refractivity contribution < 1.29 is 33.0 Å². The third-order valence-corrected chi connectivity index (χ3v) is 5.57. The molecule has 9 nitrogen and oxygen atoms in total. The Morgan fingerprint density at radius 3 is 2.44 bits per heavy atom. The van der Waals surface area contributed by atoms with Gasteiger partial charge in [0, 0.05) is 6.42 Å². The predicted octanol–water partition coefficient (Wildman–Crippen LogP) is 4.62. The van der Waals surface area contributed by atoms with Crippen molar-refractivity contribution in [2.45, 2.75) is 26.3 Å². The maximum absolute atomic E-state index is 13.1. The van der Waals surface area contributed by atoms with Gasteiger partial charge in [-0.3, -0.25) is 4.79 Å². The molecule has 0 fully saturated rings. The summed E-state index contributed by atoms with van der Waals surface area (Å²) in [5.41, 5.74) is 1.82. The van der Waals surface area contributed by atoms with Crippen LogP contribution in [-0.4, -0.2) is 49.5 Å². The van der Waals surface area contributed by atoms with Crippen LogP contribution in [0.3, 0.4) is 0 Å². The number of carbonyl (C=O) groups is 2. The lowest BCUT2D eigenvalue weighted by Gasteiger charge is -2.19. The van der Waals surface area contributed by atoms with Crippen LogP contribution in [0.1, 0.15) is 48.0 Å². The zero-order valence-electron chi connectivity index (χ0n) is 20.4. The lowest BCUT2D eigenvalue weighted by molar-refractivity contribution is -0.136. The monoisotopic (exact) mass is 492 g/mol. The van der Waals surface area contributed by atoms with Crippen LogP contribution in [0.15, 0.2) is 70.4 Å². The number of furan rings is 1. The quantitative estimate of drug-likeness (QED) is 0.381. The minimum absolute atomic E-state index is 0.251. The number of nitrogens with zero attached hydrogens (tertiary/aromatic N) is 2. The number of hydrogen-bond acceptors (Lipinski definition) is 8. The summed E-state index contributed by atoms with van der Waals surface area (Å²) in [6, 6.07) is 15.3. The predicted molar refractivity (Wildman–Crippen MR) is 132 cm³/mol. The summed E-state index contributed by atoms with van der Waals surface area (Å²) >= 11 is 0. The van der Waals surface area contributed by atoms with Gasteiger partial charge in [-0.1, -0.05) is 0 Å². The number of benzene rings is 2. The van der Waals surface area contributed by atoms with E-state index in [4.69, 9.17) is 23.4 Å². The third kappa shape index (κ3) is 5.51. The van der Waals surface area contributed by atoms with Crippen molar-refractivity contribution in [2.75, 3.05) is 26.9 Å². The molecule has 0 N–H and O–H groups in total. The van der Waals surface area contributed by atoms with Gasteiger partial charge in [0.25, 0.3) is 5.91 Å². The molecule has 3 aromatic rings. The number of rotatable bonds is 10. The fourth-order valence-corrected chi connectivity index (χ4v) is 3.86. The normalized spacial score (nSPS) is 14.8. The van der Waals surface area contributed by atoms with Gasteiger partial charge in [-0.2, -0.15) is 5.10 Å². The molecule has 1 aliphatic heterocycles. The van der Waals surface area contributed by atoms with E-state index >= 15 is 0 Å². The molecule has 0 radical (unpaired) electrons. The second-order valence-electron chi connectivity index (χ2n) is 7.85. The summed E-state index contributed by atoms with van der Waals surface area (Å²) in [6.07, 6.45) is 2.00. The summed E-state index contributed by atoms with van der Waals surface area (Å²) in [5.74, 6) is 1.16. The van der Waals surface area contributed by atoms with Crippen LogP contribution in [0.4, 0.5) is 0 Å². The largest absolute Gasteiger partial charge is 0.497 e. The molecular weight excluding hydrogens is 464 g/mol. The van der Waals surface area contributed by atoms with E-state index in [1.165, 1.54) is 5.01 Å². The van der Waals surface area contributed by atoms with E-state index in [0.29, 0.717) is 42.6 Å². The number of amides is 1. The van der Waals surface area contributed by atoms with Crippen LogP contribution in [0, 0.1) is 0 Å². The first-order chi connectivity index (χ1) is 17.5. The molecule has 1 aromatic heterocycles. The fraction of sp³-hybridized carbons (Fsp3) is 0.296. The Hall–Kier alpha value is -4.27. The lowest BCUT2D eigenvalue weighted by Crippen LogP contribution is -2.31. The van der Waals surface area contributed by atoms with Gasteiger partial charge in [0.15, 0.2) is 18.1 Å². The van der Waals surface area contributed by atoms with Gasteiger partial charge in [-0.25, -0.2) is 9.80 Å². The molecule has 0 bridgehead atoms. The van der Waals surface area contributed by atoms with Crippen LogP contribution in [0.5, 0.6) is 17.2 Å². The van der Waals surface area contributed by atoms with Crippen molar-refractivity contribution >= 4 is 17.6 Å². The molecule has 188 valence electrons. The molecule has 1 aliphatic rings. The highest BCUT2D eigenvalue weighted by Crippen LogP contribution is 2.33. The second-order valence-corrected chi connectivity index (χ2v) is 7.85. The van der Waals surface area contributed by atoms with E-state index in [-0.39, 0.29) is 5.56 Å². The van der Waals surface area contributed by atoms with Crippen LogP contribution in [0.2, 0.25) is 0 Å². The highest BCUT2D eigenvalue weighted by Gasteiger charge is 2.35. The molecule has 0 saturated heterocycles. The zero-order chi connectivity index (χ0) is 25.5. The molecule has 0 saturated carbocycles. The molecule has 9 heteroatoms. The number of methoxy groups -OCH3 is 1. The number of ether oxygens (including phenoxy) is 4. The summed E-state index contributed by atoms with van der Waals surface area (Å²) < 4.78 is 27.2. The minimum atomic E-state index is -0.652. The molecule has 1 atom stereocenters. The summed E-state index contributed by atoms with van der Waals surface area (Å²) in [4.78, 5) is 25.8. The average molecular weight is 493 g/mol. The summed E-state index contributed by atoms with van der Waals surface area (Å²) in [6.45, 7) is 4.09. The van der Waals surface area contributed by atoms with Crippen LogP contribution < -0.4 is 14.2 Å². The number of hydrogen-bond donors (Lipinski definition) is 0. The Kier molecular flexibility index (Phi) is 7.89. The van der Waals surface area contributed by atoms with E-state index in [0.717, 1.165) is 11.3 Å². The molecule has 0 spiro atoms. The van der Waals surface area contributed by atoms with E-state index in [1.54, 1.807) is 43.7 Å². The molecule has 1 unspecified atom stereocenters. The van der Waals surface area contributed by atoms with Gasteiger partial charge in [-0.15, -0.1) is 0 Å².